The molecule has 0 aliphatic carbocycles. The smallest absolute Gasteiger partial charge is 0.223 e. The minimum absolute atomic E-state index is 0.0392. The summed E-state index contributed by atoms with van der Waals surface area (Å²) in [6.45, 7) is 5.68. The number of aryl methyl sites for hydroxylation is 1. The number of carbonyl (C=O) groups is 2. The minimum Gasteiger partial charge on any atom is -0.352 e. The number of benzene rings is 1. The van der Waals surface area contributed by atoms with Crippen molar-refractivity contribution in [1.29, 1.82) is 0 Å². The van der Waals surface area contributed by atoms with E-state index in [0.29, 0.717) is 5.56 Å². The molecule has 3 rings (SSSR count). The quantitative estimate of drug-likeness (QED) is 0.601. The van der Waals surface area contributed by atoms with Gasteiger partial charge in [-0.3, -0.25) is 19.9 Å². The van der Waals surface area contributed by atoms with Gasteiger partial charge in [0.1, 0.15) is 12.0 Å². The Morgan fingerprint density at radius 1 is 1.32 bits per heavy atom. The minimum atomic E-state index is -0.809. The van der Waals surface area contributed by atoms with Crippen LogP contribution < -0.4 is 16.0 Å². The van der Waals surface area contributed by atoms with Crippen LogP contribution in [0.25, 0.3) is 0 Å². The van der Waals surface area contributed by atoms with E-state index in [1.165, 1.54) is 6.07 Å². The van der Waals surface area contributed by atoms with Gasteiger partial charge >= 0.3 is 0 Å². The zero-order valence-corrected chi connectivity index (χ0v) is 18.7. The van der Waals surface area contributed by atoms with Crippen LogP contribution in [0.1, 0.15) is 68.2 Å². The summed E-state index contributed by atoms with van der Waals surface area (Å²) >= 11 is 6.31. The first-order valence-corrected chi connectivity index (χ1v) is 10.9. The third-order valence-electron chi connectivity index (χ3n) is 5.28. The molecule has 0 bridgehead atoms. The standard InChI is InChI=1S/C23H28ClFN4O2/c1-4-5-14-6-9-17(26-11-14)18-10-19(30)29-22(28-18)20-16(24)8-7-15(21(20)25)12-27-23(31)13(2)3/h6-9,11,13,18,22,28H,4-5,10,12H2,1-3H3,(H,27,31)(H,29,30). The Morgan fingerprint density at radius 2 is 2.10 bits per heavy atom. The first-order chi connectivity index (χ1) is 14.8. The molecular formula is C23H28ClFN4O2. The number of amides is 2. The van der Waals surface area contributed by atoms with Crippen molar-refractivity contribution in [1.82, 2.24) is 20.9 Å². The SMILES string of the molecule is CCCc1ccc(C2CC(=O)NC(c3c(Cl)ccc(CNC(=O)C(C)C)c3F)N2)nc1. The van der Waals surface area contributed by atoms with E-state index in [1.54, 1.807) is 19.9 Å². The molecule has 2 aromatic rings. The number of aromatic nitrogens is 1. The maximum atomic E-state index is 15.3. The van der Waals surface area contributed by atoms with Gasteiger partial charge in [-0.05, 0) is 24.1 Å². The molecule has 1 aromatic heterocycles. The van der Waals surface area contributed by atoms with E-state index in [2.05, 4.69) is 27.9 Å². The predicted octanol–water partition coefficient (Wildman–Crippen LogP) is 3.95. The Hall–Kier alpha value is -2.51. The van der Waals surface area contributed by atoms with Gasteiger partial charge in [0.05, 0.1) is 16.8 Å². The molecule has 1 aromatic carbocycles. The Bertz CT molecular complexity index is 949. The predicted molar refractivity (Wildman–Crippen MR) is 118 cm³/mol. The van der Waals surface area contributed by atoms with Crippen LogP contribution in [0.4, 0.5) is 4.39 Å². The van der Waals surface area contributed by atoms with Crippen molar-refractivity contribution in [2.75, 3.05) is 0 Å². The van der Waals surface area contributed by atoms with Gasteiger partial charge in [0.2, 0.25) is 11.8 Å². The maximum absolute atomic E-state index is 15.3. The fourth-order valence-corrected chi connectivity index (χ4v) is 3.79. The molecule has 1 aliphatic heterocycles. The Labute approximate surface area is 187 Å². The highest BCUT2D eigenvalue weighted by molar-refractivity contribution is 6.31. The lowest BCUT2D eigenvalue weighted by molar-refractivity contribution is -0.125. The molecule has 166 valence electrons. The number of nitrogens with zero attached hydrogens (tertiary/aromatic N) is 1. The van der Waals surface area contributed by atoms with E-state index >= 15 is 4.39 Å². The molecule has 6 nitrogen and oxygen atoms in total. The van der Waals surface area contributed by atoms with Crippen LogP contribution in [0.15, 0.2) is 30.5 Å². The number of hydrogen-bond acceptors (Lipinski definition) is 4. The van der Waals surface area contributed by atoms with E-state index in [-0.39, 0.29) is 47.3 Å². The second-order valence-electron chi connectivity index (χ2n) is 8.07. The second kappa shape index (κ2) is 10.2. The number of halogens is 2. The van der Waals surface area contributed by atoms with E-state index in [9.17, 15) is 9.59 Å². The summed E-state index contributed by atoms with van der Waals surface area (Å²) < 4.78 is 15.3. The van der Waals surface area contributed by atoms with Gasteiger partial charge in [0.25, 0.3) is 0 Å². The average molecular weight is 447 g/mol. The molecular weight excluding hydrogens is 419 g/mol. The van der Waals surface area contributed by atoms with Gasteiger partial charge in [-0.1, -0.05) is 50.9 Å². The summed E-state index contributed by atoms with van der Waals surface area (Å²) in [5.74, 6) is -1.15. The van der Waals surface area contributed by atoms with Crippen LogP contribution >= 0.6 is 11.6 Å². The molecule has 2 unspecified atom stereocenters. The van der Waals surface area contributed by atoms with E-state index in [0.717, 1.165) is 24.1 Å². The van der Waals surface area contributed by atoms with Crippen LogP contribution in [0.5, 0.6) is 0 Å². The fraction of sp³-hybridized carbons (Fsp3) is 0.435. The van der Waals surface area contributed by atoms with Crippen LogP contribution in [0.2, 0.25) is 5.02 Å². The monoisotopic (exact) mass is 446 g/mol. The molecule has 0 spiro atoms. The zero-order chi connectivity index (χ0) is 22.5. The van der Waals surface area contributed by atoms with Crippen molar-refractivity contribution in [2.45, 2.75) is 58.8 Å². The average Bonchev–Trinajstić information content (AvgIpc) is 2.73. The fourth-order valence-electron chi connectivity index (χ4n) is 3.53. The lowest BCUT2D eigenvalue weighted by Gasteiger charge is -2.32. The summed E-state index contributed by atoms with van der Waals surface area (Å²) in [5.41, 5.74) is 2.30. The summed E-state index contributed by atoms with van der Waals surface area (Å²) in [6, 6.07) is 6.65. The Kier molecular flexibility index (Phi) is 7.62. The highest BCUT2D eigenvalue weighted by Crippen LogP contribution is 2.32. The highest BCUT2D eigenvalue weighted by atomic mass is 35.5. The summed E-state index contributed by atoms with van der Waals surface area (Å²) in [5, 5.41) is 8.92. The number of carbonyl (C=O) groups excluding carboxylic acids is 2. The van der Waals surface area contributed by atoms with Gasteiger partial charge in [-0.25, -0.2) is 4.39 Å². The van der Waals surface area contributed by atoms with Crippen LogP contribution in [0.3, 0.4) is 0 Å². The van der Waals surface area contributed by atoms with Crippen molar-refractivity contribution < 1.29 is 14.0 Å². The highest BCUT2D eigenvalue weighted by Gasteiger charge is 2.32. The normalized spacial score (nSPS) is 18.7. The van der Waals surface area contributed by atoms with Gasteiger partial charge < -0.3 is 10.6 Å². The number of nitrogens with one attached hydrogen (secondary N) is 3. The second-order valence-corrected chi connectivity index (χ2v) is 8.48. The van der Waals surface area contributed by atoms with Crippen LogP contribution in [-0.4, -0.2) is 16.8 Å². The van der Waals surface area contributed by atoms with Gasteiger partial charge in [0, 0.05) is 36.2 Å². The summed E-state index contributed by atoms with van der Waals surface area (Å²) in [6.07, 6.45) is 3.17. The number of pyridine rings is 1. The molecule has 1 saturated heterocycles. The molecule has 0 radical (unpaired) electrons. The van der Waals surface area contributed by atoms with Crippen LogP contribution in [-0.2, 0) is 22.6 Å². The van der Waals surface area contributed by atoms with E-state index in [1.807, 2.05) is 18.3 Å². The third kappa shape index (κ3) is 5.60. The molecule has 1 aliphatic rings. The maximum Gasteiger partial charge on any atom is 0.223 e. The Morgan fingerprint density at radius 3 is 2.74 bits per heavy atom. The topological polar surface area (TPSA) is 83.1 Å². The number of rotatable bonds is 7. The molecule has 2 atom stereocenters. The van der Waals surface area contributed by atoms with E-state index < -0.39 is 12.0 Å². The number of hydrogen-bond donors (Lipinski definition) is 3. The first-order valence-electron chi connectivity index (χ1n) is 10.5. The largest absolute Gasteiger partial charge is 0.352 e. The van der Waals surface area contributed by atoms with Crippen molar-refractivity contribution in [3.63, 3.8) is 0 Å². The van der Waals surface area contributed by atoms with Gasteiger partial charge in [0.15, 0.2) is 0 Å². The van der Waals surface area contributed by atoms with Crippen LogP contribution in [0, 0.1) is 11.7 Å². The lowest BCUT2D eigenvalue weighted by atomic mass is 10.00. The molecule has 1 fully saturated rings. The molecule has 2 amide bonds. The Balaban J connectivity index is 1.83. The van der Waals surface area contributed by atoms with Crippen molar-refractivity contribution in [2.24, 2.45) is 5.92 Å². The molecule has 31 heavy (non-hydrogen) atoms. The molecule has 2 heterocycles. The molecule has 8 heteroatoms. The van der Waals surface area contributed by atoms with Crippen molar-refractivity contribution in [3.8, 4) is 0 Å². The third-order valence-corrected chi connectivity index (χ3v) is 5.61. The van der Waals surface area contributed by atoms with E-state index in [4.69, 9.17) is 11.6 Å². The van der Waals surface area contributed by atoms with Gasteiger partial charge in [-0.2, -0.15) is 0 Å². The first kappa shape index (κ1) is 23.2. The zero-order valence-electron chi connectivity index (χ0n) is 18.0. The summed E-state index contributed by atoms with van der Waals surface area (Å²) in [4.78, 5) is 28.7. The molecule has 3 N–H and O–H groups in total. The molecule has 0 saturated carbocycles. The van der Waals surface area contributed by atoms with Gasteiger partial charge in [-0.15, -0.1) is 0 Å². The summed E-state index contributed by atoms with van der Waals surface area (Å²) in [7, 11) is 0. The lowest BCUT2D eigenvalue weighted by Crippen LogP contribution is -2.47. The van der Waals surface area contributed by atoms with Crippen molar-refractivity contribution >= 4 is 23.4 Å². The van der Waals surface area contributed by atoms with Crippen molar-refractivity contribution in [3.05, 3.63) is 63.7 Å².